The van der Waals surface area contributed by atoms with Gasteiger partial charge in [-0.15, -0.1) is 0 Å². The van der Waals surface area contributed by atoms with Crippen molar-refractivity contribution in [1.29, 1.82) is 0 Å². The number of nitrogens with zero attached hydrogens (tertiary/aromatic N) is 1. The normalized spacial score (nSPS) is 34.1. The predicted octanol–water partition coefficient (Wildman–Crippen LogP) is 4.71. The summed E-state index contributed by atoms with van der Waals surface area (Å²) in [6.45, 7) is 4.23. The summed E-state index contributed by atoms with van der Waals surface area (Å²) in [6.07, 6.45) is 5.86. The second-order valence-electron chi connectivity index (χ2n) is 11.6. The fourth-order valence-corrected chi connectivity index (χ4v) is 7.18. The highest BCUT2D eigenvalue weighted by Crippen LogP contribution is 2.55. The number of hydrogen-bond donors (Lipinski definition) is 2. The number of benzene rings is 2. The van der Waals surface area contributed by atoms with Crippen LogP contribution in [0.3, 0.4) is 0 Å². The molecule has 3 amide bonds. The van der Waals surface area contributed by atoms with Gasteiger partial charge >= 0.3 is 0 Å². The van der Waals surface area contributed by atoms with Gasteiger partial charge in [-0.05, 0) is 48.6 Å². The van der Waals surface area contributed by atoms with Gasteiger partial charge in [0, 0.05) is 28.9 Å². The number of anilines is 1. The van der Waals surface area contributed by atoms with E-state index in [1.54, 1.807) is 54.6 Å². The maximum absolute atomic E-state index is 14.8. The summed E-state index contributed by atoms with van der Waals surface area (Å²) in [5.41, 5.74) is -0.480. The Morgan fingerprint density at radius 3 is 2.60 bits per heavy atom. The van der Waals surface area contributed by atoms with Crippen molar-refractivity contribution in [2.24, 2.45) is 23.7 Å². The number of carbonyl (C=O) groups excluding carboxylic acids is 3. The highest BCUT2D eigenvalue weighted by atomic mass is 35.5. The second-order valence-corrected chi connectivity index (χ2v) is 12.1. The van der Waals surface area contributed by atoms with Crippen LogP contribution in [-0.2, 0) is 25.7 Å². The Labute approximate surface area is 238 Å². The lowest BCUT2D eigenvalue weighted by Gasteiger charge is -2.38. The average Bonchev–Trinajstić information content (AvgIpc) is 3.57. The maximum atomic E-state index is 14.8. The smallest absolute Gasteiger partial charge is 0.246 e. The quantitative estimate of drug-likeness (QED) is 0.497. The SMILES string of the molecule is C[C@H]1[C@H](C)CCC[C@@H]1NC(=O)[C@@H]1N(Cc2ccccc2F)C(=O)[C@H]2[C@@H](C(=O)Nc3ccc(Cl)cc3)[C@H]3C=C[C@@]12O3. The van der Waals surface area contributed by atoms with Gasteiger partial charge in [0.25, 0.3) is 0 Å². The number of likely N-dealkylation sites (tertiary alicyclic amines) is 1. The molecule has 0 radical (unpaired) electrons. The first kappa shape index (κ1) is 27.0. The van der Waals surface area contributed by atoms with Gasteiger partial charge in [0.2, 0.25) is 17.7 Å². The molecule has 3 aliphatic heterocycles. The molecule has 0 unspecified atom stereocenters. The van der Waals surface area contributed by atoms with Crippen LogP contribution >= 0.6 is 11.6 Å². The third-order valence-electron chi connectivity index (χ3n) is 9.37. The lowest BCUT2D eigenvalue weighted by molar-refractivity contribution is -0.142. The van der Waals surface area contributed by atoms with E-state index in [9.17, 15) is 18.8 Å². The molecule has 2 bridgehead atoms. The number of fused-ring (bicyclic) bond motifs is 1. The van der Waals surface area contributed by atoms with Crippen LogP contribution in [0.4, 0.5) is 10.1 Å². The monoisotopic (exact) mass is 565 g/mol. The van der Waals surface area contributed by atoms with Crippen molar-refractivity contribution in [2.75, 3.05) is 5.32 Å². The van der Waals surface area contributed by atoms with E-state index in [-0.39, 0.29) is 30.3 Å². The molecule has 3 heterocycles. The van der Waals surface area contributed by atoms with Crippen LogP contribution in [0.25, 0.3) is 0 Å². The van der Waals surface area contributed by atoms with Crippen molar-refractivity contribution in [3.8, 4) is 0 Å². The summed E-state index contributed by atoms with van der Waals surface area (Å²) in [4.78, 5) is 43.2. The minimum absolute atomic E-state index is 0.0382. The Hall–Kier alpha value is -3.23. The third kappa shape index (κ3) is 4.41. The van der Waals surface area contributed by atoms with Gasteiger partial charge in [0.15, 0.2) is 0 Å². The van der Waals surface area contributed by atoms with Crippen molar-refractivity contribution < 1.29 is 23.5 Å². The van der Waals surface area contributed by atoms with E-state index in [0.29, 0.717) is 22.2 Å². The summed E-state index contributed by atoms with van der Waals surface area (Å²) >= 11 is 5.99. The van der Waals surface area contributed by atoms with Crippen LogP contribution in [0.2, 0.25) is 5.02 Å². The largest absolute Gasteiger partial charge is 0.359 e. The first-order valence-corrected chi connectivity index (χ1v) is 14.4. The molecule has 1 aliphatic carbocycles. The summed E-state index contributed by atoms with van der Waals surface area (Å²) < 4.78 is 21.2. The number of halogens is 2. The molecule has 2 aromatic carbocycles. The van der Waals surface area contributed by atoms with E-state index in [1.165, 1.54) is 11.0 Å². The van der Waals surface area contributed by atoms with Crippen molar-refractivity contribution in [2.45, 2.75) is 63.4 Å². The van der Waals surface area contributed by atoms with Crippen molar-refractivity contribution in [1.82, 2.24) is 10.2 Å². The zero-order chi connectivity index (χ0) is 28.2. The topological polar surface area (TPSA) is 87.7 Å². The molecule has 4 aliphatic rings. The highest BCUT2D eigenvalue weighted by molar-refractivity contribution is 6.30. The van der Waals surface area contributed by atoms with Crippen LogP contribution in [0, 0.1) is 29.5 Å². The number of ether oxygens (including phenoxy) is 1. The fourth-order valence-electron chi connectivity index (χ4n) is 7.05. The minimum Gasteiger partial charge on any atom is -0.359 e. The molecule has 7 nitrogen and oxygen atoms in total. The van der Waals surface area contributed by atoms with Gasteiger partial charge < -0.3 is 20.3 Å². The molecule has 9 heteroatoms. The molecule has 3 fully saturated rings. The van der Waals surface area contributed by atoms with E-state index in [1.807, 2.05) is 0 Å². The molecule has 1 saturated carbocycles. The number of hydrogen-bond acceptors (Lipinski definition) is 4. The van der Waals surface area contributed by atoms with Gasteiger partial charge in [0.05, 0.1) is 17.9 Å². The van der Waals surface area contributed by atoms with Crippen LogP contribution in [0.15, 0.2) is 60.7 Å². The lowest BCUT2D eigenvalue weighted by atomic mass is 9.73. The first-order chi connectivity index (χ1) is 19.2. The molecule has 6 rings (SSSR count). The van der Waals surface area contributed by atoms with Gasteiger partial charge in [-0.3, -0.25) is 14.4 Å². The van der Waals surface area contributed by atoms with Crippen LogP contribution in [-0.4, -0.2) is 46.4 Å². The molecular weight excluding hydrogens is 533 g/mol. The summed E-state index contributed by atoms with van der Waals surface area (Å²) in [7, 11) is 0. The van der Waals surface area contributed by atoms with E-state index in [4.69, 9.17) is 16.3 Å². The van der Waals surface area contributed by atoms with E-state index in [0.717, 1.165) is 19.3 Å². The number of rotatable bonds is 6. The molecular formula is C31H33ClFN3O4. The Kier molecular flexibility index (Phi) is 6.95. The maximum Gasteiger partial charge on any atom is 0.246 e. The molecule has 2 N–H and O–H groups in total. The molecule has 2 saturated heterocycles. The molecule has 8 atom stereocenters. The van der Waals surface area contributed by atoms with E-state index < -0.39 is 41.3 Å². The Balaban J connectivity index is 1.33. The molecule has 210 valence electrons. The zero-order valence-electron chi connectivity index (χ0n) is 22.5. The van der Waals surface area contributed by atoms with Gasteiger partial charge in [-0.2, -0.15) is 0 Å². The standard InChI is InChI=1S/C31H33ClFN3O4/c1-17-6-5-9-23(18(17)2)35-29(38)27-31-15-14-24(40-31)25(28(37)34-21-12-10-20(32)11-13-21)26(31)30(39)36(27)16-19-7-3-4-8-22(19)33/h3-4,7-8,10-15,17-18,23-27H,5-6,9,16H2,1-2H3,(H,34,37)(H,35,38)/t17-,18+,23+,24-,25+,26-,27+,31+/m1/s1. The van der Waals surface area contributed by atoms with E-state index >= 15 is 0 Å². The number of amides is 3. The molecule has 0 aromatic heterocycles. The van der Waals surface area contributed by atoms with Crippen molar-refractivity contribution in [3.63, 3.8) is 0 Å². The second kappa shape index (κ2) is 10.3. The van der Waals surface area contributed by atoms with Crippen molar-refractivity contribution >= 4 is 35.0 Å². The van der Waals surface area contributed by atoms with Gasteiger partial charge in [0.1, 0.15) is 17.5 Å². The van der Waals surface area contributed by atoms with Gasteiger partial charge in [-0.25, -0.2) is 4.39 Å². The van der Waals surface area contributed by atoms with E-state index in [2.05, 4.69) is 24.5 Å². The Morgan fingerprint density at radius 1 is 1.10 bits per heavy atom. The van der Waals surface area contributed by atoms with Crippen LogP contribution in [0.1, 0.15) is 38.7 Å². The summed E-state index contributed by atoms with van der Waals surface area (Å²) in [5, 5.41) is 6.63. The molecule has 1 spiro atoms. The van der Waals surface area contributed by atoms with Gasteiger partial charge in [-0.1, -0.05) is 68.6 Å². The van der Waals surface area contributed by atoms with Crippen molar-refractivity contribution in [3.05, 3.63) is 77.1 Å². The van der Waals surface area contributed by atoms with Crippen LogP contribution < -0.4 is 10.6 Å². The number of carbonyl (C=O) groups is 3. The summed E-state index contributed by atoms with van der Waals surface area (Å²) in [5.74, 6) is -2.59. The highest BCUT2D eigenvalue weighted by Gasteiger charge is 2.72. The Bertz CT molecular complexity index is 1370. The molecule has 40 heavy (non-hydrogen) atoms. The fraction of sp³-hybridized carbons (Fsp3) is 0.452. The Morgan fingerprint density at radius 2 is 1.85 bits per heavy atom. The zero-order valence-corrected chi connectivity index (χ0v) is 23.2. The number of nitrogens with one attached hydrogen (secondary N) is 2. The third-order valence-corrected chi connectivity index (χ3v) is 9.62. The average molecular weight is 566 g/mol. The first-order valence-electron chi connectivity index (χ1n) is 14.0. The van der Waals surface area contributed by atoms with Crippen LogP contribution in [0.5, 0.6) is 0 Å². The predicted molar refractivity (Wildman–Crippen MR) is 149 cm³/mol. The minimum atomic E-state index is -1.32. The lowest BCUT2D eigenvalue weighted by Crippen LogP contribution is -2.57. The molecule has 2 aromatic rings. The summed E-state index contributed by atoms with van der Waals surface area (Å²) in [6, 6.07) is 11.8.